The van der Waals surface area contributed by atoms with E-state index in [-0.39, 0.29) is 6.61 Å². The van der Waals surface area contributed by atoms with Gasteiger partial charge in [-0.05, 0) is 12.3 Å². The van der Waals surface area contributed by atoms with Crippen LogP contribution in [-0.4, -0.2) is 61.1 Å². The second kappa shape index (κ2) is 10.6. The third-order valence-electron chi connectivity index (χ3n) is 4.85. The smallest absolute Gasteiger partial charge is 0.303 e. The lowest BCUT2D eigenvalue weighted by atomic mass is 9.97. The first-order chi connectivity index (χ1) is 13.7. The summed E-state index contributed by atoms with van der Waals surface area (Å²) in [6, 6.07) is -0.659. The number of esters is 3. The van der Waals surface area contributed by atoms with Crippen molar-refractivity contribution < 1.29 is 38.1 Å². The second-order valence-electron chi connectivity index (χ2n) is 7.56. The summed E-state index contributed by atoms with van der Waals surface area (Å²) in [5, 5.41) is 0. The Bertz CT molecular complexity index is 634. The van der Waals surface area contributed by atoms with E-state index >= 15 is 0 Å². The minimum Gasteiger partial charge on any atom is -0.463 e. The normalized spacial score (nSPS) is 29.1. The van der Waals surface area contributed by atoms with Gasteiger partial charge in [-0.15, -0.1) is 0 Å². The lowest BCUT2D eigenvalue weighted by molar-refractivity contribution is -0.249. The molecule has 2 heterocycles. The van der Waals surface area contributed by atoms with Crippen LogP contribution in [0.5, 0.6) is 0 Å². The maximum Gasteiger partial charge on any atom is 0.303 e. The van der Waals surface area contributed by atoms with Crippen molar-refractivity contribution in [2.24, 2.45) is 10.9 Å². The van der Waals surface area contributed by atoms with Crippen LogP contribution in [0.25, 0.3) is 0 Å². The lowest BCUT2D eigenvalue weighted by Gasteiger charge is -2.40. The average Bonchev–Trinajstić information content (AvgIpc) is 3.02. The van der Waals surface area contributed by atoms with Crippen LogP contribution in [0.3, 0.4) is 0 Å². The zero-order valence-electron chi connectivity index (χ0n) is 17.7. The van der Waals surface area contributed by atoms with Gasteiger partial charge in [-0.2, -0.15) is 0 Å². The maximum atomic E-state index is 11.7. The molecule has 2 aliphatic heterocycles. The van der Waals surface area contributed by atoms with Crippen LogP contribution >= 0.6 is 0 Å². The Kier molecular flexibility index (Phi) is 8.43. The molecule has 2 aliphatic rings. The van der Waals surface area contributed by atoms with E-state index in [2.05, 4.69) is 18.8 Å². The topological polar surface area (TPSA) is 110 Å². The van der Waals surface area contributed by atoms with E-state index in [0.717, 1.165) is 19.3 Å². The first-order valence-corrected chi connectivity index (χ1v) is 10.1. The van der Waals surface area contributed by atoms with Crippen LogP contribution in [0.15, 0.2) is 4.99 Å². The summed E-state index contributed by atoms with van der Waals surface area (Å²) in [6.45, 7) is 7.93. The molecule has 1 saturated heterocycles. The lowest BCUT2D eigenvalue weighted by Crippen LogP contribution is -2.60. The largest absolute Gasteiger partial charge is 0.463 e. The molecule has 6 atom stereocenters. The Morgan fingerprint density at radius 3 is 2.28 bits per heavy atom. The highest BCUT2D eigenvalue weighted by Gasteiger charge is 2.53. The first kappa shape index (κ1) is 23.1. The van der Waals surface area contributed by atoms with Crippen LogP contribution in [0.1, 0.15) is 60.3 Å². The molecule has 0 spiro atoms. The fourth-order valence-electron chi connectivity index (χ4n) is 3.58. The Balaban J connectivity index is 2.19. The number of hydrogen-bond acceptors (Lipinski definition) is 9. The molecule has 29 heavy (non-hydrogen) atoms. The van der Waals surface area contributed by atoms with Gasteiger partial charge in [0.2, 0.25) is 6.29 Å². The number of carbonyl (C=O) groups is 3. The van der Waals surface area contributed by atoms with Gasteiger partial charge in [0.05, 0.1) is 0 Å². The van der Waals surface area contributed by atoms with Crippen molar-refractivity contribution in [3.8, 4) is 0 Å². The maximum absolute atomic E-state index is 11.7. The van der Waals surface area contributed by atoms with Gasteiger partial charge in [0, 0.05) is 27.2 Å². The standard InChI is InChI=1S/C20H31NO8/c1-6-7-11(2)8-9-16-21-17-19(27-14(5)24)18(26-13(4)23)15(10-25-12(3)22)28-20(17)29-16/h11,15,17-20H,6-10H2,1-5H3. The molecule has 6 unspecified atom stereocenters. The number of aliphatic imine (C=N–C) groups is 1. The van der Waals surface area contributed by atoms with E-state index in [1.54, 1.807) is 0 Å². The van der Waals surface area contributed by atoms with E-state index in [0.29, 0.717) is 18.2 Å². The van der Waals surface area contributed by atoms with Crippen molar-refractivity contribution in [1.29, 1.82) is 0 Å². The van der Waals surface area contributed by atoms with Crippen molar-refractivity contribution in [3.05, 3.63) is 0 Å². The molecule has 0 bridgehead atoms. The molecule has 0 N–H and O–H groups in total. The van der Waals surface area contributed by atoms with Crippen molar-refractivity contribution in [1.82, 2.24) is 0 Å². The zero-order valence-corrected chi connectivity index (χ0v) is 17.7. The monoisotopic (exact) mass is 413 g/mol. The predicted molar refractivity (Wildman–Crippen MR) is 102 cm³/mol. The molecule has 0 aromatic rings. The summed E-state index contributed by atoms with van der Waals surface area (Å²) >= 11 is 0. The molecule has 1 fully saturated rings. The highest BCUT2D eigenvalue weighted by Crippen LogP contribution is 2.33. The third kappa shape index (κ3) is 6.69. The number of fused-ring (bicyclic) bond motifs is 1. The number of carbonyl (C=O) groups excluding carboxylic acids is 3. The summed E-state index contributed by atoms with van der Waals surface area (Å²) in [5.41, 5.74) is 0. The number of rotatable bonds is 9. The van der Waals surface area contributed by atoms with E-state index < -0.39 is 48.6 Å². The molecule has 2 rings (SSSR count). The Labute approximate surface area is 171 Å². The first-order valence-electron chi connectivity index (χ1n) is 10.1. The molecule has 0 aliphatic carbocycles. The summed E-state index contributed by atoms with van der Waals surface area (Å²) < 4.78 is 27.6. The summed E-state index contributed by atoms with van der Waals surface area (Å²) in [4.78, 5) is 39.1. The van der Waals surface area contributed by atoms with Gasteiger partial charge in [0.15, 0.2) is 24.1 Å². The van der Waals surface area contributed by atoms with Crippen molar-refractivity contribution >= 4 is 23.8 Å². The van der Waals surface area contributed by atoms with E-state index in [1.807, 2.05) is 0 Å². The van der Waals surface area contributed by atoms with Crippen LogP contribution < -0.4 is 0 Å². The van der Waals surface area contributed by atoms with Gasteiger partial charge in [-0.3, -0.25) is 14.4 Å². The molecular formula is C20H31NO8. The fraction of sp³-hybridized carbons (Fsp3) is 0.800. The minimum atomic E-state index is -0.970. The van der Waals surface area contributed by atoms with Gasteiger partial charge in [-0.25, -0.2) is 4.99 Å². The van der Waals surface area contributed by atoms with Crippen LogP contribution in [-0.2, 0) is 38.1 Å². The molecule has 0 aromatic carbocycles. The predicted octanol–water partition coefficient (Wildman–Crippen LogP) is 2.15. The fourth-order valence-corrected chi connectivity index (χ4v) is 3.58. The number of ether oxygens (including phenoxy) is 5. The van der Waals surface area contributed by atoms with Crippen LogP contribution in [0.4, 0.5) is 0 Å². The molecule has 0 aromatic heterocycles. The highest BCUT2D eigenvalue weighted by molar-refractivity contribution is 5.78. The molecule has 0 radical (unpaired) electrons. The third-order valence-corrected chi connectivity index (χ3v) is 4.85. The number of hydrogen-bond donors (Lipinski definition) is 0. The molecule has 0 saturated carbocycles. The summed E-state index contributed by atoms with van der Waals surface area (Å²) in [7, 11) is 0. The molecule has 0 amide bonds. The Morgan fingerprint density at radius 1 is 1.03 bits per heavy atom. The quantitative estimate of drug-likeness (QED) is 0.418. The van der Waals surface area contributed by atoms with Crippen molar-refractivity contribution in [2.45, 2.75) is 90.9 Å². The van der Waals surface area contributed by atoms with Gasteiger partial charge in [-0.1, -0.05) is 26.7 Å². The van der Waals surface area contributed by atoms with Gasteiger partial charge >= 0.3 is 17.9 Å². The highest BCUT2D eigenvalue weighted by atomic mass is 16.7. The van der Waals surface area contributed by atoms with Gasteiger partial charge < -0.3 is 23.7 Å². The van der Waals surface area contributed by atoms with Crippen molar-refractivity contribution in [3.63, 3.8) is 0 Å². The molecular weight excluding hydrogens is 382 g/mol. The second-order valence-corrected chi connectivity index (χ2v) is 7.56. The molecule has 9 heteroatoms. The zero-order chi connectivity index (χ0) is 21.6. The van der Waals surface area contributed by atoms with Crippen LogP contribution in [0.2, 0.25) is 0 Å². The van der Waals surface area contributed by atoms with Crippen LogP contribution in [0, 0.1) is 5.92 Å². The SMILES string of the molecule is CCCC(C)CCC1=NC2C(O1)OC(COC(C)=O)C(OC(C)=O)C2OC(C)=O. The molecule has 9 nitrogen and oxygen atoms in total. The van der Waals surface area contributed by atoms with E-state index in [9.17, 15) is 14.4 Å². The molecule has 164 valence electrons. The Morgan fingerprint density at radius 2 is 1.69 bits per heavy atom. The Hall–Kier alpha value is -2.16. The van der Waals surface area contributed by atoms with Gasteiger partial charge in [0.1, 0.15) is 12.7 Å². The van der Waals surface area contributed by atoms with E-state index in [1.165, 1.54) is 20.8 Å². The number of nitrogens with zero attached hydrogens (tertiary/aromatic N) is 1. The van der Waals surface area contributed by atoms with Crippen molar-refractivity contribution in [2.75, 3.05) is 6.61 Å². The summed E-state index contributed by atoms with van der Waals surface area (Å²) in [5.74, 6) is -0.562. The summed E-state index contributed by atoms with van der Waals surface area (Å²) in [6.07, 6.45) is 0.255. The van der Waals surface area contributed by atoms with Gasteiger partial charge in [0.25, 0.3) is 0 Å². The minimum absolute atomic E-state index is 0.166. The van der Waals surface area contributed by atoms with E-state index in [4.69, 9.17) is 23.7 Å². The average molecular weight is 413 g/mol.